The van der Waals surface area contributed by atoms with E-state index in [4.69, 9.17) is 23.1 Å². The van der Waals surface area contributed by atoms with E-state index in [0.717, 1.165) is 49.7 Å². The van der Waals surface area contributed by atoms with Crippen molar-refractivity contribution < 1.29 is 14.1 Å². The number of ketones is 1. The van der Waals surface area contributed by atoms with E-state index >= 15 is 0 Å². The largest absolute Gasteiger partial charge is 0.382 e. The molecule has 0 aliphatic carbocycles. The molecular formula is C18H32ClN6O2+. The van der Waals surface area contributed by atoms with Crippen LogP contribution in [0.4, 0.5) is 11.6 Å². The molecule has 0 unspecified atom stereocenters. The Labute approximate surface area is 166 Å². The monoisotopic (exact) mass is 399 g/mol. The number of hydrogen-bond acceptors (Lipinski definition) is 6. The number of nitrogens with zero attached hydrogens (tertiary/aromatic N) is 3. The van der Waals surface area contributed by atoms with Gasteiger partial charge >= 0.3 is 0 Å². The molecule has 1 heterocycles. The van der Waals surface area contributed by atoms with Crippen molar-refractivity contribution in [3.8, 4) is 0 Å². The summed E-state index contributed by atoms with van der Waals surface area (Å²) in [6.45, 7) is 3.94. The van der Waals surface area contributed by atoms with Crippen LogP contribution in [-0.2, 0) is 4.79 Å². The second kappa shape index (κ2) is 11.0. The Morgan fingerprint density at radius 3 is 2.30 bits per heavy atom. The van der Waals surface area contributed by atoms with Gasteiger partial charge in [0.2, 0.25) is 0 Å². The number of likely N-dealkylation sites (N-methyl/N-ethyl adjacent to an activating group) is 1. The number of halogens is 1. The van der Waals surface area contributed by atoms with E-state index in [-0.39, 0.29) is 28.3 Å². The minimum atomic E-state index is -0.410. The lowest BCUT2D eigenvalue weighted by Crippen LogP contribution is -2.46. The Hall–Kier alpha value is -1.93. The maximum atomic E-state index is 12.2. The number of carbonyl (C=O) groups is 2. The fraction of sp³-hybridized carbons (Fsp3) is 0.667. The number of nitrogens with two attached hydrogens (primary N) is 2. The topological polar surface area (TPSA) is 124 Å². The van der Waals surface area contributed by atoms with Gasteiger partial charge in [0.15, 0.2) is 22.5 Å². The number of unbranched alkanes of at least 4 members (excludes halogenated alkanes) is 4. The highest BCUT2D eigenvalue weighted by molar-refractivity contribution is 6.31. The molecule has 0 atom stereocenters. The number of nitrogen functional groups attached to an aromatic ring is 2. The molecule has 8 nitrogen and oxygen atoms in total. The molecule has 0 radical (unpaired) electrons. The first-order chi connectivity index (χ1) is 12.6. The number of quaternary nitrogens is 1. The molecule has 9 heteroatoms. The van der Waals surface area contributed by atoms with E-state index in [1.165, 1.54) is 0 Å². The summed E-state index contributed by atoms with van der Waals surface area (Å²) in [6, 6.07) is 0. The molecule has 5 N–H and O–H groups in total. The molecule has 1 rings (SSSR count). The first-order valence-electron chi connectivity index (χ1n) is 9.30. The average Bonchev–Trinajstić information content (AvgIpc) is 2.56. The fourth-order valence-corrected chi connectivity index (χ4v) is 2.85. The summed E-state index contributed by atoms with van der Waals surface area (Å²) in [5.74, 6) is -0.172. The van der Waals surface area contributed by atoms with Gasteiger partial charge in [0.1, 0.15) is 5.78 Å². The molecule has 0 aliphatic heterocycles. The fourth-order valence-electron chi connectivity index (χ4n) is 2.72. The Bertz CT molecular complexity index is 651. The van der Waals surface area contributed by atoms with Gasteiger partial charge in [0.25, 0.3) is 5.91 Å². The van der Waals surface area contributed by atoms with Crippen molar-refractivity contribution in [2.75, 3.05) is 45.2 Å². The number of carbonyl (C=O) groups excluding carboxylic acids is 2. The van der Waals surface area contributed by atoms with Crippen molar-refractivity contribution in [2.24, 2.45) is 0 Å². The highest BCUT2D eigenvalue weighted by Crippen LogP contribution is 2.17. The van der Waals surface area contributed by atoms with Gasteiger partial charge in [0.05, 0.1) is 33.7 Å². The number of nitrogens with one attached hydrogen (secondary N) is 1. The van der Waals surface area contributed by atoms with Gasteiger partial charge in [-0.2, -0.15) is 0 Å². The van der Waals surface area contributed by atoms with Crippen LogP contribution in [0, 0.1) is 0 Å². The summed E-state index contributed by atoms with van der Waals surface area (Å²) in [7, 11) is 4.27. The van der Waals surface area contributed by atoms with Crippen LogP contribution in [0.3, 0.4) is 0 Å². The Kier molecular flexibility index (Phi) is 9.45. The van der Waals surface area contributed by atoms with E-state index in [2.05, 4.69) is 29.4 Å². The molecule has 1 aromatic rings. The Morgan fingerprint density at radius 1 is 1.00 bits per heavy atom. The van der Waals surface area contributed by atoms with E-state index in [1.54, 1.807) is 6.92 Å². The lowest BCUT2D eigenvalue weighted by Gasteiger charge is -2.30. The molecule has 152 valence electrons. The number of Topliss-reactive ketones (excluding diaryl/α,β-unsaturated/α-hetero) is 1. The first-order valence-corrected chi connectivity index (χ1v) is 9.68. The molecule has 1 aromatic heterocycles. The van der Waals surface area contributed by atoms with Crippen molar-refractivity contribution in [3.05, 3.63) is 10.8 Å². The zero-order chi connectivity index (χ0) is 20.4. The third kappa shape index (κ3) is 9.01. The SMILES string of the molecule is CC(=O)CCCCCCC[N+](C)(C)CCNC(=O)c1nc(Cl)c(N)nc1N. The summed E-state index contributed by atoms with van der Waals surface area (Å²) in [5.41, 5.74) is 11.2. The summed E-state index contributed by atoms with van der Waals surface area (Å²) >= 11 is 5.80. The second-order valence-corrected chi connectivity index (χ2v) is 7.85. The molecule has 0 spiro atoms. The standard InChI is InChI=1S/C18H31ClN6O2/c1-13(26)9-7-5-4-6-8-11-25(2,3)12-10-22-18(27)14-16(20)24-17(21)15(19)23-14/h4-12H2,1-3H3,(H4-,20,21,22,24,27)/p+1. The van der Waals surface area contributed by atoms with E-state index in [1.807, 2.05) is 0 Å². The number of aromatic nitrogens is 2. The highest BCUT2D eigenvalue weighted by Gasteiger charge is 2.18. The van der Waals surface area contributed by atoms with Crippen molar-refractivity contribution in [1.82, 2.24) is 15.3 Å². The quantitative estimate of drug-likeness (QED) is 0.365. The van der Waals surface area contributed by atoms with Crippen molar-refractivity contribution >= 4 is 34.9 Å². The summed E-state index contributed by atoms with van der Waals surface area (Å²) in [4.78, 5) is 30.8. The minimum absolute atomic E-state index is 0.00445. The predicted octanol–water partition coefficient (Wildman–Crippen LogP) is 2.03. The zero-order valence-electron chi connectivity index (χ0n) is 16.6. The van der Waals surface area contributed by atoms with Crippen LogP contribution in [0.25, 0.3) is 0 Å². The summed E-state index contributed by atoms with van der Waals surface area (Å²) < 4.78 is 0.803. The number of amides is 1. The maximum absolute atomic E-state index is 12.2. The predicted molar refractivity (Wildman–Crippen MR) is 108 cm³/mol. The summed E-state index contributed by atoms with van der Waals surface area (Å²) in [6.07, 6.45) is 6.21. The maximum Gasteiger partial charge on any atom is 0.273 e. The third-order valence-corrected chi connectivity index (χ3v) is 4.69. The number of rotatable bonds is 12. The molecular weight excluding hydrogens is 368 g/mol. The van der Waals surface area contributed by atoms with Crippen LogP contribution in [0.1, 0.15) is 55.9 Å². The Balaban J connectivity index is 2.28. The van der Waals surface area contributed by atoms with Gasteiger partial charge in [0, 0.05) is 6.42 Å². The van der Waals surface area contributed by atoms with Crippen LogP contribution in [0.5, 0.6) is 0 Å². The lowest BCUT2D eigenvalue weighted by molar-refractivity contribution is -0.889. The van der Waals surface area contributed by atoms with Gasteiger partial charge in [-0.1, -0.05) is 24.4 Å². The van der Waals surface area contributed by atoms with Crippen LogP contribution in [0.15, 0.2) is 0 Å². The van der Waals surface area contributed by atoms with Gasteiger partial charge in [-0.15, -0.1) is 0 Å². The molecule has 0 saturated heterocycles. The second-order valence-electron chi connectivity index (χ2n) is 7.49. The molecule has 27 heavy (non-hydrogen) atoms. The van der Waals surface area contributed by atoms with Crippen molar-refractivity contribution in [3.63, 3.8) is 0 Å². The van der Waals surface area contributed by atoms with Gasteiger partial charge in [-0.3, -0.25) is 4.79 Å². The van der Waals surface area contributed by atoms with Crippen molar-refractivity contribution in [2.45, 2.75) is 45.4 Å². The van der Waals surface area contributed by atoms with Crippen molar-refractivity contribution in [1.29, 1.82) is 0 Å². The van der Waals surface area contributed by atoms with Crippen LogP contribution < -0.4 is 16.8 Å². The third-order valence-electron chi connectivity index (χ3n) is 4.41. The minimum Gasteiger partial charge on any atom is -0.382 e. The van der Waals surface area contributed by atoms with Gasteiger partial charge < -0.3 is 26.1 Å². The molecule has 1 amide bonds. The lowest BCUT2D eigenvalue weighted by atomic mass is 10.1. The van der Waals surface area contributed by atoms with E-state index < -0.39 is 5.91 Å². The van der Waals surface area contributed by atoms with E-state index in [9.17, 15) is 9.59 Å². The van der Waals surface area contributed by atoms with Gasteiger partial charge in [-0.25, -0.2) is 9.97 Å². The molecule has 0 saturated carbocycles. The van der Waals surface area contributed by atoms with Gasteiger partial charge in [-0.05, 0) is 26.2 Å². The summed E-state index contributed by atoms with van der Waals surface area (Å²) in [5, 5.41) is 2.77. The number of anilines is 2. The molecule has 0 bridgehead atoms. The van der Waals surface area contributed by atoms with Crippen LogP contribution in [-0.4, -0.2) is 59.9 Å². The van der Waals surface area contributed by atoms with E-state index in [0.29, 0.717) is 13.0 Å². The normalized spacial score (nSPS) is 11.4. The first kappa shape index (κ1) is 23.1. The average molecular weight is 400 g/mol. The highest BCUT2D eigenvalue weighted by atomic mass is 35.5. The molecule has 0 aliphatic rings. The smallest absolute Gasteiger partial charge is 0.273 e. The van der Waals surface area contributed by atoms with Crippen LogP contribution in [0.2, 0.25) is 5.15 Å². The number of hydrogen-bond donors (Lipinski definition) is 3. The Morgan fingerprint density at radius 2 is 1.63 bits per heavy atom. The van der Waals surface area contributed by atoms with Crippen LogP contribution >= 0.6 is 11.6 Å². The zero-order valence-corrected chi connectivity index (χ0v) is 17.3. The molecule has 0 fully saturated rings. The molecule has 0 aromatic carbocycles.